The van der Waals surface area contributed by atoms with Crippen LogP contribution in [0.2, 0.25) is 0 Å². The first-order valence-corrected chi connectivity index (χ1v) is 10.5. The number of hydrogen-bond acceptors (Lipinski definition) is 2. The Morgan fingerprint density at radius 2 is 1.90 bits per heavy atom. The van der Waals surface area contributed by atoms with E-state index in [0.29, 0.717) is 31.6 Å². The van der Waals surface area contributed by atoms with Crippen LogP contribution < -0.4 is 10.6 Å². The van der Waals surface area contributed by atoms with Crippen LogP contribution in [0.25, 0.3) is 0 Å². The number of nitrogens with one attached hydrogen (secondary N) is 2. The lowest BCUT2D eigenvalue weighted by atomic mass is 9.83. The number of amides is 3. The van der Waals surface area contributed by atoms with Gasteiger partial charge in [-0.1, -0.05) is 42.5 Å². The van der Waals surface area contributed by atoms with Gasteiger partial charge in [0.2, 0.25) is 5.91 Å². The average Bonchev–Trinajstić information content (AvgIpc) is 2.76. The van der Waals surface area contributed by atoms with Crippen LogP contribution in [0.15, 0.2) is 48.5 Å². The Hall–Kier alpha value is -2.89. The molecule has 3 atom stereocenters. The molecule has 0 bridgehead atoms. The molecule has 0 aliphatic carbocycles. The van der Waals surface area contributed by atoms with Crippen LogP contribution in [0, 0.1) is 18.7 Å². The molecule has 2 aromatic carbocycles. The van der Waals surface area contributed by atoms with E-state index in [0.717, 1.165) is 11.1 Å². The second-order valence-corrected chi connectivity index (χ2v) is 8.02. The quantitative estimate of drug-likeness (QED) is 0.777. The minimum absolute atomic E-state index is 0.0246. The molecule has 6 heteroatoms. The van der Waals surface area contributed by atoms with Crippen LogP contribution >= 0.6 is 0 Å². The molecule has 160 valence electrons. The molecule has 30 heavy (non-hydrogen) atoms. The number of halogens is 1. The summed E-state index contributed by atoms with van der Waals surface area (Å²) in [6.45, 7) is 6.96. The number of aryl methyl sites for hydroxylation is 1. The lowest BCUT2D eigenvalue weighted by Crippen LogP contribution is -2.51. The molecule has 1 aliphatic heterocycles. The van der Waals surface area contributed by atoms with E-state index < -0.39 is 0 Å². The molecule has 1 fully saturated rings. The topological polar surface area (TPSA) is 61.4 Å². The van der Waals surface area contributed by atoms with Crippen molar-refractivity contribution in [2.24, 2.45) is 5.92 Å². The zero-order valence-corrected chi connectivity index (χ0v) is 17.8. The number of hydrogen-bond donors (Lipinski definition) is 2. The molecule has 5 nitrogen and oxygen atoms in total. The first-order valence-electron chi connectivity index (χ1n) is 10.5. The molecule has 0 unspecified atom stereocenters. The Balaban J connectivity index is 1.78. The van der Waals surface area contributed by atoms with Crippen LogP contribution in [0.4, 0.5) is 9.18 Å². The number of likely N-dealkylation sites (tertiary alicyclic amines) is 1. The maximum absolute atomic E-state index is 13.7. The Kier molecular flexibility index (Phi) is 7.08. The largest absolute Gasteiger partial charge is 0.349 e. The molecule has 0 spiro atoms. The van der Waals surface area contributed by atoms with Crippen LogP contribution in [0.1, 0.15) is 48.9 Å². The predicted molar refractivity (Wildman–Crippen MR) is 116 cm³/mol. The van der Waals surface area contributed by atoms with Gasteiger partial charge in [-0.25, -0.2) is 9.18 Å². The van der Waals surface area contributed by atoms with Gasteiger partial charge in [-0.2, -0.15) is 0 Å². The average molecular weight is 412 g/mol. The van der Waals surface area contributed by atoms with Crippen molar-refractivity contribution >= 4 is 11.9 Å². The number of urea groups is 1. The first kappa shape index (κ1) is 21.8. The minimum atomic E-state index is -0.331. The summed E-state index contributed by atoms with van der Waals surface area (Å²) in [5.41, 5.74) is 2.56. The number of carbonyl (C=O) groups is 2. The van der Waals surface area contributed by atoms with Gasteiger partial charge in [-0.05, 0) is 49.9 Å². The standard InChI is InChI=1S/C24H30FN3O2/c1-4-26-24(30)28-14-20(19-10-11-22(25)16(2)12-19)13-21(15-28)23(29)27-17(3)18-8-6-5-7-9-18/h5-12,17,20-21H,4,13-15H2,1-3H3,(H,26,30)(H,27,29)/t17-,20+,21-/m1/s1. The third-order valence-electron chi connectivity index (χ3n) is 5.75. The lowest BCUT2D eigenvalue weighted by molar-refractivity contribution is -0.127. The number of nitrogens with zero attached hydrogens (tertiary/aromatic N) is 1. The summed E-state index contributed by atoms with van der Waals surface area (Å²) >= 11 is 0. The summed E-state index contributed by atoms with van der Waals surface area (Å²) in [7, 11) is 0. The minimum Gasteiger partial charge on any atom is -0.349 e. The smallest absolute Gasteiger partial charge is 0.317 e. The maximum atomic E-state index is 13.7. The fraction of sp³-hybridized carbons (Fsp3) is 0.417. The van der Waals surface area contributed by atoms with Gasteiger partial charge in [0.25, 0.3) is 0 Å². The van der Waals surface area contributed by atoms with Crippen molar-refractivity contribution in [3.63, 3.8) is 0 Å². The third kappa shape index (κ3) is 5.17. The fourth-order valence-corrected chi connectivity index (χ4v) is 4.04. The van der Waals surface area contributed by atoms with E-state index in [4.69, 9.17) is 0 Å². The summed E-state index contributed by atoms with van der Waals surface area (Å²) in [6, 6.07) is 14.6. The number of benzene rings is 2. The third-order valence-corrected chi connectivity index (χ3v) is 5.75. The first-order chi connectivity index (χ1) is 14.4. The van der Waals surface area contributed by atoms with E-state index in [2.05, 4.69) is 10.6 Å². The van der Waals surface area contributed by atoms with Crippen molar-refractivity contribution in [3.05, 3.63) is 71.0 Å². The number of carbonyl (C=O) groups excluding carboxylic acids is 2. The summed E-state index contributed by atoms with van der Waals surface area (Å²) in [5.74, 6) is -0.670. The van der Waals surface area contributed by atoms with Crippen LogP contribution in [0.3, 0.4) is 0 Å². The Bertz CT molecular complexity index is 887. The van der Waals surface area contributed by atoms with E-state index in [1.165, 1.54) is 6.07 Å². The molecule has 3 rings (SSSR count). The highest BCUT2D eigenvalue weighted by molar-refractivity contribution is 5.81. The second kappa shape index (κ2) is 9.74. The zero-order valence-electron chi connectivity index (χ0n) is 17.8. The monoisotopic (exact) mass is 411 g/mol. The van der Waals surface area contributed by atoms with Crippen molar-refractivity contribution in [2.45, 2.75) is 39.2 Å². The van der Waals surface area contributed by atoms with Gasteiger partial charge in [-0.15, -0.1) is 0 Å². The molecular formula is C24H30FN3O2. The van der Waals surface area contributed by atoms with E-state index in [1.54, 1.807) is 17.9 Å². The van der Waals surface area contributed by atoms with Crippen LogP contribution in [-0.2, 0) is 4.79 Å². The highest BCUT2D eigenvalue weighted by Crippen LogP contribution is 2.32. The predicted octanol–water partition coefficient (Wildman–Crippen LogP) is 4.15. The molecule has 0 saturated carbocycles. The summed E-state index contributed by atoms with van der Waals surface area (Å²) in [5, 5.41) is 5.92. The fourth-order valence-electron chi connectivity index (χ4n) is 4.04. The molecule has 0 aromatic heterocycles. The van der Waals surface area contributed by atoms with Gasteiger partial charge in [0, 0.05) is 25.6 Å². The zero-order chi connectivity index (χ0) is 21.7. The SMILES string of the molecule is CCNC(=O)N1C[C@H](C(=O)N[C@H](C)c2ccccc2)C[C@H](c2ccc(F)c(C)c2)C1. The summed E-state index contributed by atoms with van der Waals surface area (Å²) in [4.78, 5) is 27.3. The number of piperidine rings is 1. The molecule has 2 aromatic rings. The second-order valence-electron chi connectivity index (χ2n) is 8.02. The van der Waals surface area contributed by atoms with Gasteiger partial charge in [0.1, 0.15) is 5.82 Å². The molecule has 1 saturated heterocycles. The van der Waals surface area contributed by atoms with Crippen molar-refractivity contribution in [2.75, 3.05) is 19.6 Å². The van der Waals surface area contributed by atoms with Gasteiger partial charge < -0.3 is 15.5 Å². The van der Waals surface area contributed by atoms with E-state index in [-0.39, 0.29) is 35.6 Å². The van der Waals surface area contributed by atoms with Crippen molar-refractivity contribution in [1.82, 2.24) is 15.5 Å². The molecule has 3 amide bonds. The van der Waals surface area contributed by atoms with Crippen LogP contribution in [0.5, 0.6) is 0 Å². The summed E-state index contributed by atoms with van der Waals surface area (Å²) in [6.07, 6.45) is 0.619. The van der Waals surface area contributed by atoms with Crippen molar-refractivity contribution < 1.29 is 14.0 Å². The van der Waals surface area contributed by atoms with E-state index in [1.807, 2.05) is 50.2 Å². The Morgan fingerprint density at radius 1 is 1.17 bits per heavy atom. The highest BCUT2D eigenvalue weighted by Gasteiger charge is 2.35. The molecule has 2 N–H and O–H groups in total. The summed E-state index contributed by atoms with van der Waals surface area (Å²) < 4.78 is 13.7. The van der Waals surface area contributed by atoms with Crippen molar-refractivity contribution in [1.29, 1.82) is 0 Å². The normalized spacial score (nSPS) is 19.8. The van der Waals surface area contributed by atoms with E-state index in [9.17, 15) is 14.0 Å². The van der Waals surface area contributed by atoms with Gasteiger partial charge in [0.05, 0.1) is 12.0 Å². The molecule has 0 radical (unpaired) electrons. The maximum Gasteiger partial charge on any atom is 0.317 e. The van der Waals surface area contributed by atoms with Crippen molar-refractivity contribution in [3.8, 4) is 0 Å². The number of rotatable bonds is 5. The van der Waals surface area contributed by atoms with Gasteiger partial charge >= 0.3 is 6.03 Å². The Morgan fingerprint density at radius 3 is 2.57 bits per heavy atom. The molecule has 1 aliphatic rings. The van der Waals surface area contributed by atoms with Gasteiger partial charge in [0.15, 0.2) is 0 Å². The Labute approximate surface area is 177 Å². The lowest BCUT2D eigenvalue weighted by Gasteiger charge is -2.38. The van der Waals surface area contributed by atoms with Gasteiger partial charge in [-0.3, -0.25) is 4.79 Å². The highest BCUT2D eigenvalue weighted by atomic mass is 19.1. The molecular weight excluding hydrogens is 381 g/mol. The van der Waals surface area contributed by atoms with E-state index >= 15 is 0 Å². The molecule has 1 heterocycles. The van der Waals surface area contributed by atoms with Crippen LogP contribution in [-0.4, -0.2) is 36.5 Å².